The van der Waals surface area contributed by atoms with E-state index in [1.54, 1.807) is 0 Å². The molecule has 4 heteroatoms. The van der Waals surface area contributed by atoms with Gasteiger partial charge < -0.3 is 10.2 Å². The zero-order chi connectivity index (χ0) is 24.7. The maximum Gasteiger partial charge on any atom is 0.0578 e. The fraction of sp³-hybridized carbons (Fsp3) is 0.250. The third-order valence-corrected chi connectivity index (χ3v) is 13.0. The third-order valence-electron chi connectivity index (χ3n) is 7.41. The van der Waals surface area contributed by atoms with E-state index in [9.17, 15) is 10.2 Å². The van der Waals surface area contributed by atoms with Gasteiger partial charge in [-0.15, -0.1) is 0 Å². The Hall–Kier alpha value is -2.34. The Morgan fingerprint density at radius 2 is 1.00 bits per heavy atom. The highest BCUT2D eigenvalue weighted by Gasteiger charge is 2.46. The summed E-state index contributed by atoms with van der Waals surface area (Å²) < 4.78 is 0. The van der Waals surface area contributed by atoms with Crippen molar-refractivity contribution in [3.63, 3.8) is 0 Å². The summed E-state index contributed by atoms with van der Waals surface area (Å²) >= 11 is 0. The van der Waals surface area contributed by atoms with E-state index in [4.69, 9.17) is 0 Å². The average Bonchev–Trinajstić information content (AvgIpc) is 3.24. The molecule has 36 heavy (non-hydrogen) atoms. The SMILES string of the molecule is OCCC1C(O)C[C@H](P(c2ccccc2)c2ccccc2)[C@H]1CP(c1ccccc1)c1ccccc1. The van der Waals surface area contributed by atoms with E-state index in [0.29, 0.717) is 18.0 Å². The predicted octanol–water partition coefficient (Wildman–Crippen LogP) is 5.00. The van der Waals surface area contributed by atoms with Gasteiger partial charge in [-0.05, 0) is 73.6 Å². The molecular formula is C32H34O2P2. The monoisotopic (exact) mass is 512 g/mol. The summed E-state index contributed by atoms with van der Waals surface area (Å²) in [5.74, 6) is 0.431. The zero-order valence-corrected chi connectivity index (χ0v) is 22.3. The molecule has 4 aromatic carbocycles. The number of benzene rings is 4. The summed E-state index contributed by atoms with van der Waals surface area (Å²) in [6.07, 6.45) is 2.08. The number of hydrogen-bond acceptors (Lipinski definition) is 2. The van der Waals surface area contributed by atoms with Crippen LogP contribution in [-0.2, 0) is 0 Å². The molecule has 0 bridgehead atoms. The molecule has 0 spiro atoms. The predicted molar refractivity (Wildman–Crippen MR) is 156 cm³/mol. The van der Waals surface area contributed by atoms with E-state index < -0.39 is 15.8 Å². The fourth-order valence-electron chi connectivity index (χ4n) is 5.77. The van der Waals surface area contributed by atoms with Gasteiger partial charge >= 0.3 is 0 Å². The Morgan fingerprint density at radius 3 is 1.42 bits per heavy atom. The molecular weight excluding hydrogens is 478 g/mol. The van der Waals surface area contributed by atoms with E-state index in [0.717, 1.165) is 12.6 Å². The van der Waals surface area contributed by atoms with Gasteiger partial charge in [0.15, 0.2) is 0 Å². The van der Waals surface area contributed by atoms with Gasteiger partial charge in [0, 0.05) is 6.61 Å². The minimum Gasteiger partial charge on any atom is -0.396 e. The van der Waals surface area contributed by atoms with Crippen LogP contribution in [0.25, 0.3) is 0 Å². The van der Waals surface area contributed by atoms with Crippen LogP contribution < -0.4 is 21.2 Å². The first kappa shape index (κ1) is 25.3. The van der Waals surface area contributed by atoms with Crippen molar-refractivity contribution in [2.24, 2.45) is 11.8 Å². The van der Waals surface area contributed by atoms with Gasteiger partial charge in [-0.1, -0.05) is 121 Å². The normalized spacial score (nSPS) is 21.8. The van der Waals surface area contributed by atoms with Crippen molar-refractivity contribution in [1.29, 1.82) is 0 Å². The molecule has 2 nitrogen and oxygen atoms in total. The van der Waals surface area contributed by atoms with Gasteiger partial charge in [-0.2, -0.15) is 0 Å². The molecule has 1 saturated carbocycles. The number of aliphatic hydroxyl groups excluding tert-OH is 2. The lowest BCUT2D eigenvalue weighted by Crippen LogP contribution is -2.32. The van der Waals surface area contributed by atoms with Crippen LogP contribution in [0.1, 0.15) is 12.8 Å². The van der Waals surface area contributed by atoms with Crippen molar-refractivity contribution in [2.75, 3.05) is 12.8 Å². The van der Waals surface area contributed by atoms with Gasteiger partial charge in [-0.3, -0.25) is 0 Å². The molecule has 0 radical (unpaired) electrons. The topological polar surface area (TPSA) is 40.5 Å². The zero-order valence-electron chi connectivity index (χ0n) is 20.5. The second-order valence-electron chi connectivity index (χ2n) is 9.53. The third kappa shape index (κ3) is 5.64. The number of rotatable bonds is 9. The summed E-state index contributed by atoms with van der Waals surface area (Å²) in [4.78, 5) is 0. The standard InChI is InChI=1S/C32H34O2P2/c33-22-21-29-30(24-35(25-13-5-1-6-14-25)26-15-7-2-8-16-26)32(23-31(29)34)36(27-17-9-3-10-18-27)28-19-11-4-12-20-28/h1-20,29-34H,21-24H2/t29?,30-,31?,32-/m0/s1. The van der Waals surface area contributed by atoms with Crippen LogP contribution in [0.2, 0.25) is 0 Å². The van der Waals surface area contributed by atoms with Crippen LogP contribution >= 0.6 is 15.8 Å². The van der Waals surface area contributed by atoms with E-state index in [1.807, 2.05) is 0 Å². The highest BCUT2D eigenvalue weighted by Crippen LogP contribution is 2.55. The molecule has 1 aliphatic carbocycles. The molecule has 5 rings (SSSR count). The Kier molecular flexibility index (Phi) is 8.63. The molecule has 0 heterocycles. The summed E-state index contributed by atoms with van der Waals surface area (Å²) in [5.41, 5.74) is 0.355. The van der Waals surface area contributed by atoms with Gasteiger partial charge in [0.2, 0.25) is 0 Å². The molecule has 4 atom stereocenters. The number of hydrogen-bond donors (Lipinski definition) is 2. The van der Waals surface area contributed by atoms with E-state index in [2.05, 4.69) is 121 Å². The maximum absolute atomic E-state index is 11.4. The number of aliphatic hydroxyl groups is 2. The molecule has 2 unspecified atom stereocenters. The molecule has 1 fully saturated rings. The van der Waals surface area contributed by atoms with Crippen LogP contribution in [0.3, 0.4) is 0 Å². The molecule has 0 saturated heterocycles. The lowest BCUT2D eigenvalue weighted by Gasteiger charge is -2.35. The van der Waals surface area contributed by atoms with Crippen molar-refractivity contribution in [3.05, 3.63) is 121 Å². The van der Waals surface area contributed by atoms with Gasteiger partial charge in [0.05, 0.1) is 6.10 Å². The highest BCUT2D eigenvalue weighted by molar-refractivity contribution is 7.74. The fourth-order valence-corrected chi connectivity index (χ4v) is 11.9. The van der Waals surface area contributed by atoms with Crippen LogP contribution in [-0.4, -0.2) is 34.7 Å². The van der Waals surface area contributed by atoms with Crippen LogP contribution in [0.5, 0.6) is 0 Å². The van der Waals surface area contributed by atoms with Crippen molar-refractivity contribution >= 4 is 37.1 Å². The lowest BCUT2D eigenvalue weighted by atomic mass is 9.93. The van der Waals surface area contributed by atoms with Crippen LogP contribution in [0.15, 0.2) is 121 Å². The molecule has 0 aromatic heterocycles. The Labute approximate surface area is 217 Å². The van der Waals surface area contributed by atoms with Crippen molar-refractivity contribution in [2.45, 2.75) is 24.6 Å². The lowest BCUT2D eigenvalue weighted by molar-refractivity contribution is 0.100. The highest BCUT2D eigenvalue weighted by atomic mass is 31.1. The maximum atomic E-state index is 11.4. The first-order valence-electron chi connectivity index (χ1n) is 12.8. The minimum atomic E-state index is -0.655. The summed E-state index contributed by atoms with van der Waals surface area (Å²) in [6, 6.07) is 43.6. The Bertz CT molecular complexity index is 1110. The second-order valence-corrected chi connectivity index (χ2v) is 14.2. The largest absolute Gasteiger partial charge is 0.396 e. The van der Waals surface area contributed by atoms with E-state index in [-0.39, 0.29) is 18.6 Å². The average molecular weight is 513 g/mol. The van der Waals surface area contributed by atoms with Gasteiger partial charge in [0.1, 0.15) is 0 Å². The minimum absolute atomic E-state index is 0.106. The van der Waals surface area contributed by atoms with Crippen LogP contribution in [0, 0.1) is 11.8 Å². The quantitative estimate of drug-likeness (QED) is 0.310. The molecule has 184 valence electrons. The molecule has 0 amide bonds. The molecule has 1 aliphatic rings. The Morgan fingerprint density at radius 1 is 0.583 bits per heavy atom. The smallest absolute Gasteiger partial charge is 0.0578 e. The summed E-state index contributed by atoms with van der Waals surface area (Å²) in [7, 11) is -1.24. The van der Waals surface area contributed by atoms with Gasteiger partial charge in [-0.25, -0.2) is 0 Å². The Balaban J connectivity index is 1.58. The molecule has 4 aromatic rings. The van der Waals surface area contributed by atoms with Crippen molar-refractivity contribution in [3.8, 4) is 0 Å². The summed E-state index contributed by atoms with van der Waals surface area (Å²) in [5, 5.41) is 26.9. The second kappa shape index (κ2) is 12.3. The van der Waals surface area contributed by atoms with E-state index >= 15 is 0 Å². The first-order chi connectivity index (χ1) is 17.8. The van der Waals surface area contributed by atoms with Crippen molar-refractivity contribution < 1.29 is 10.2 Å². The van der Waals surface area contributed by atoms with Crippen molar-refractivity contribution in [1.82, 2.24) is 0 Å². The molecule has 0 aliphatic heterocycles. The summed E-state index contributed by atoms with van der Waals surface area (Å²) in [6.45, 7) is 0.119. The van der Waals surface area contributed by atoms with E-state index in [1.165, 1.54) is 21.2 Å². The first-order valence-corrected chi connectivity index (χ1v) is 15.8. The van der Waals surface area contributed by atoms with Crippen LogP contribution in [0.4, 0.5) is 0 Å². The molecule has 2 N–H and O–H groups in total. The van der Waals surface area contributed by atoms with Gasteiger partial charge in [0.25, 0.3) is 0 Å².